The lowest BCUT2D eigenvalue weighted by Crippen LogP contribution is -2.20. The molecule has 1 fully saturated rings. The molecule has 0 atom stereocenters. The standard InChI is InChI=1S/C15H18N4/c1-15(6-2-3-7-15)10-19-13-8-11(9-16)4-5-12(13)18-14(19)17/h4-5,8H,2-3,6-7,10H2,1H3,(H2,17,18). The molecule has 1 aliphatic rings. The van der Waals surface area contributed by atoms with Crippen molar-refractivity contribution in [2.75, 3.05) is 5.73 Å². The molecular weight excluding hydrogens is 236 g/mol. The van der Waals surface area contributed by atoms with Crippen LogP contribution in [0.2, 0.25) is 0 Å². The molecule has 4 nitrogen and oxygen atoms in total. The fraction of sp³-hybridized carbons (Fsp3) is 0.467. The van der Waals surface area contributed by atoms with Crippen LogP contribution in [0.4, 0.5) is 5.95 Å². The summed E-state index contributed by atoms with van der Waals surface area (Å²) in [5, 5.41) is 9.02. The van der Waals surface area contributed by atoms with Gasteiger partial charge in [0.2, 0.25) is 5.95 Å². The Morgan fingerprint density at radius 3 is 2.84 bits per heavy atom. The normalized spacial score (nSPS) is 17.7. The van der Waals surface area contributed by atoms with Crippen LogP contribution in [0.5, 0.6) is 0 Å². The molecule has 2 aromatic rings. The number of hydrogen-bond donors (Lipinski definition) is 1. The summed E-state index contributed by atoms with van der Waals surface area (Å²) in [5.74, 6) is 0.554. The van der Waals surface area contributed by atoms with E-state index in [1.807, 2.05) is 12.1 Å². The zero-order valence-corrected chi connectivity index (χ0v) is 11.2. The molecule has 1 saturated carbocycles. The first-order chi connectivity index (χ1) is 9.11. The van der Waals surface area contributed by atoms with Gasteiger partial charge in [-0.3, -0.25) is 0 Å². The SMILES string of the molecule is CC1(Cn2c(N)nc3ccc(C#N)cc32)CCCC1. The maximum atomic E-state index is 9.02. The van der Waals surface area contributed by atoms with E-state index >= 15 is 0 Å². The summed E-state index contributed by atoms with van der Waals surface area (Å²) in [6.45, 7) is 3.21. The maximum Gasteiger partial charge on any atom is 0.201 e. The quantitative estimate of drug-likeness (QED) is 0.895. The molecule has 1 aromatic heterocycles. The number of nitrogens with two attached hydrogens (primary N) is 1. The molecular formula is C15H18N4. The lowest BCUT2D eigenvalue weighted by molar-refractivity contribution is 0.287. The number of nitriles is 1. The predicted molar refractivity (Wildman–Crippen MR) is 75.4 cm³/mol. The van der Waals surface area contributed by atoms with Gasteiger partial charge in [0.25, 0.3) is 0 Å². The van der Waals surface area contributed by atoms with Gasteiger partial charge < -0.3 is 10.3 Å². The second kappa shape index (κ2) is 4.27. The van der Waals surface area contributed by atoms with Crippen molar-refractivity contribution >= 4 is 17.0 Å². The van der Waals surface area contributed by atoms with Crippen LogP contribution in [-0.2, 0) is 6.54 Å². The average molecular weight is 254 g/mol. The van der Waals surface area contributed by atoms with Crippen LogP contribution >= 0.6 is 0 Å². The van der Waals surface area contributed by atoms with E-state index in [1.54, 1.807) is 6.07 Å². The van der Waals surface area contributed by atoms with Crippen LogP contribution in [-0.4, -0.2) is 9.55 Å². The van der Waals surface area contributed by atoms with E-state index in [1.165, 1.54) is 25.7 Å². The van der Waals surface area contributed by atoms with Crippen LogP contribution in [0.15, 0.2) is 18.2 Å². The summed E-state index contributed by atoms with van der Waals surface area (Å²) in [5.41, 5.74) is 8.87. The van der Waals surface area contributed by atoms with Crippen LogP contribution in [0.1, 0.15) is 38.2 Å². The Hall–Kier alpha value is -2.02. The largest absolute Gasteiger partial charge is 0.369 e. The van der Waals surface area contributed by atoms with Gasteiger partial charge in [0.1, 0.15) is 0 Å². The Balaban J connectivity index is 2.07. The van der Waals surface area contributed by atoms with Crippen molar-refractivity contribution in [3.63, 3.8) is 0 Å². The van der Waals surface area contributed by atoms with Crippen molar-refractivity contribution in [2.24, 2.45) is 5.41 Å². The van der Waals surface area contributed by atoms with Crippen LogP contribution in [0, 0.1) is 16.7 Å². The highest BCUT2D eigenvalue weighted by Crippen LogP contribution is 2.40. The summed E-state index contributed by atoms with van der Waals surface area (Å²) in [7, 11) is 0. The number of nitrogen functional groups attached to an aromatic ring is 1. The average Bonchev–Trinajstić information content (AvgIpc) is 2.95. The maximum absolute atomic E-state index is 9.02. The smallest absolute Gasteiger partial charge is 0.201 e. The van der Waals surface area contributed by atoms with Crippen molar-refractivity contribution in [2.45, 2.75) is 39.2 Å². The van der Waals surface area contributed by atoms with Gasteiger partial charge in [0, 0.05) is 6.54 Å². The van der Waals surface area contributed by atoms with Crippen molar-refractivity contribution in [3.05, 3.63) is 23.8 Å². The highest BCUT2D eigenvalue weighted by molar-refractivity contribution is 5.79. The molecule has 0 saturated heterocycles. The van der Waals surface area contributed by atoms with E-state index in [-0.39, 0.29) is 0 Å². The third-order valence-corrected chi connectivity index (χ3v) is 4.26. The number of rotatable bonds is 2. The second-order valence-electron chi connectivity index (χ2n) is 5.89. The fourth-order valence-corrected chi connectivity index (χ4v) is 3.15. The number of benzene rings is 1. The molecule has 0 aliphatic heterocycles. The third kappa shape index (κ3) is 2.06. The molecule has 0 amide bonds. The van der Waals surface area contributed by atoms with E-state index in [0.29, 0.717) is 16.9 Å². The first kappa shape index (κ1) is 12.0. The molecule has 1 aromatic carbocycles. The van der Waals surface area contributed by atoms with Crippen LogP contribution < -0.4 is 5.73 Å². The summed E-state index contributed by atoms with van der Waals surface area (Å²) in [6, 6.07) is 7.72. The zero-order valence-electron chi connectivity index (χ0n) is 11.2. The highest BCUT2D eigenvalue weighted by atomic mass is 15.2. The molecule has 19 heavy (non-hydrogen) atoms. The predicted octanol–water partition coefficient (Wildman–Crippen LogP) is 3.07. The Kier molecular flexibility index (Phi) is 2.70. The van der Waals surface area contributed by atoms with Crippen LogP contribution in [0.3, 0.4) is 0 Å². The fourth-order valence-electron chi connectivity index (χ4n) is 3.15. The van der Waals surface area contributed by atoms with E-state index in [9.17, 15) is 0 Å². The number of nitrogens with zero attached hydrogens (tertiary/aromatic N) is 3. The number of anilines is 1. The van der Waals surface area contributed by atoms with Crippen molar-refractivity contribution in [1.82, 2.24) is 9.55 Å². The van der Waals surface area contributed by atoms with Gasteiger partial charge in [-0.05, 0) is 36.5 Å². The minimum absolute atomic E-state index is 0.310. The lowest BCUT2D eigenvalue weighted by atomic mass is 9.89. The second-order valence-corrected chi connectivity index (χ2v) is 5.89. The molecule has 0 unspecified atom stereocenters. The molecule has 0 bridgehead atoms. The van der Waals surface area contributed by atoms with Gasteiger partial charge in [-0.2, -0.15) is 5.26 Å². The highest BCUT2D eigenvalue weighted by Gasteiger charge is 2.30. The number of aromatic nitrogens is 2. The zero-order chi connectivity index (χ0) is 13.5. The summed E-state index contributed by atoms with van der Waals surface area (Å²) >= 11 is 0. The monoisotopic (exact) mass is 254 g/mol. The first-order valence-corrected chi connectivity index (χ1v) is 6.77. The molecule has 4 heteroatoms. The number of fused-ring (bicyclic) bond motifs is 1. The molecule has 98 valence electrons. The Bertz CT molecular complexity index is 657. The van der Waals surface area contributed by atoms with E-state index in [0.717, 1.165) is 17.6 Å². The van der Waals surface area contributed by atoms with Crippen molar-refractivity contribution in [1.29, 1.82) is 5.26 Å². The van der Waals surface area contributed by atoms with Crippen molar-refractivity contribution < 1.29 is 0 Å². The Morgan fingerprint density at radius 2 is 2.16 bits per heavy atom. The topological polar surface area (TPSA) is 67.6 Å². The van der Waals surface area contributed by atoms with Gasteiger partial charge in [-0.15, -0.1) is 0 Å². The van der Waals surface area contributed by atoms with Crippen LogP contribution in [0.25, 0.3) is 11.0 Å². The minimum atomic E-state index is 0.310. The van der Waals surface area contributed by atoms with E-state index in [2.05, 4.69) is 22.5 Å². The summed E-state index contributed by atoms with van der Waals surface area (Å²) in [6.07, 6.45) is 5.08. The molecule has 0 radical (unpaired) electrons. The van der Waals surface area contributed by atoms with Gasteiger partial charge in [0.15, 0.2) is 0 Å². The first-order valence-electron chi connectivity index (χ1n) is 6.77. The Morgan fingerprint density at radius 1 is 1.42 bits per heavy atom. The summed E-state index contributed by atoms with van der Waals surface area (Å²) in [4.78, 5) is 4.39. The minimum Gasteiger partial charge on any atom is -0.369 e. The van der Waals surface area contributed by atoms with Gasteiger partial charge in [-0.25, -0.2) is 4.98 Å². The van der Waals surface area contributed by atoms with Crippen molar-refractivity contribution in [3.8, 4) is 6.07 Å². The lowest BCUT2D eigenvalue weighted by Gasteiger charge is -2.24. The molecule has 0 spiro atoms. The molecule has 3 rings (SSSR count). The van der Waals surface area contributed by atoms with E-state index in [4.69, 9.17) is 11.0 Å². The number of imidazole rings is 1. The number of hydrogen-bond acceptors (Lipinski definition) is 3. The summed E-state index contributed by atoms with van der Waals surface area (Å²) < 4.78 is 2.07. The van der Waals surface area contributed by atoms with E-state index < -0.39 is 0 Å². The third-order valence-electron chi connectivity index (χ3n) is 4.26. The van der Waals surface area contributed by atoms with Gasteiger partial charge in [0.05, 0.1) is 22.7 Å². The van der Waals surface area contributed by atoms with Gasteiger partial charge in [-0.1, -0.05) is 19.8 Å². The molecule has 1 heterocycles. The van der Waals surface area contributed by atoms with Gasteiger partial charge >= 0.3 is 0 Å². The molecule has 1 aliphatic carbocycles. The Labute approximate surface area is 112 Å². The molecule has 2 N–H and O–H groups in total.